The Morgan fingerprint density at radius 1 is 1.32 bits per heavy atom. The molecule has 0 radical (unpaired) electrons. The van der Waals surface area contributed by atoms with Crippen molar-refractivity contribution in [3.63, 3.8) is 0 Å². The lowest BCUT2D eigenvalue weighted by Gasteiger charge is -2.22. The van der Waals surface area contributed by atoms with E-state index in [9.17, 15) is 13.2 Å². The molecule has 2 N–H and O–H groups in total. The first-order valence-electron chi connectivity index (χ1n) is 7.66. The Morgan fingerprint density at radius 3 is 2.50 bits per heavy atom. The summed E-state index contributed by atoms with van der Waals surface area (Å²) >= 11 is 0. The van der Waals surface area contributed by atoms with E-state index in [4.69, 9.17) is 10.5 Å². The van der Waals surface area contributed by atoms with Gasteiger partial charge in [-0.1, -0.05) is 6.92 Å². The van der Waals surface area contributed by atoms with Crippen molar-refractivity contribution in [2.24, 2.45) is 17.6 Å². The van der Waals surface area contributed by atoms with Crippen LogP contribution in [0.4, 0.5) is 13.2 Å². The summed E-state index contributed by atoms with van der Waals surface area (Å²) in [6.07, 6.45) is -3.21. The van der Waals surface area contributed by atoms with Gasteiger partial charge in [-0.2, -0.15) is 13.2 Å². The number of benzene rings is 1. The molecule has 0 aromatic heterocycles. The fourth-order valence-corrected chi connectivity index (χ4v) is 2.87. The molecule has 1 aromatic rings. The molecule has 0 amide bonds. The van der Waals surface area contributed by atoms with Crippen molar-refractivity contribution in [1.29, 1.82) is 0 Å². The number of nitrogens with two attached hydrogens (primary N) is 1. The summed E-state index contributed by atoms with van der Waals surface area (Å²) < 4.78 is 43.1. The van der Waals surface area contributed by atoms with Crippen molar-refractivity contribution >= 4 is 0 Å². The molecular weight excluding hydrogens is 293 g/mol. The number of hydrogen-bond acceptors (Lipinski definition) is 3. The van der Waals surface area contributed by atoms with Crippen LogP contribution in [0.2, 0.25) is 0 Å². The van der Waals surface area contributed by atoms with Crippen LogP contribution >= 0.6 is 0 Å². The van der Waals surface area contributed by atoms with Gasteiger partial charge in [-0.05, 0) is 56.2 Å². The van der Waals surface area contributed by atoms with Crippen molar-refractivity contribution < 1.29 is 17.9 Å². The molecule has 1 aromatic carbocycles. The lowest BCUT2D eigenvalue weighted by Crippen LogP contribution is -2.31. The molecule has 3 nitrogen and oxygen atoms in total. The van der Waals surface area contributed by atoms with Gasteiger partial charge in [0.25, 0.3) is 0 Å². The van der Waals surface area contributed by atoms with E-state index in [1.807, 2.05) is 0 Å². The molecule has 0 saturated carbocycles. The third kappa shape index (κ3) is 4.36. The van der Waals surface area contributed by atoms with E-state index in [1.54, 1.807) is 0 Å². The topological polar surface area (TPSA) is 38.5 Å². The quantitative estimate of drug-likeness (QED) is 0.877. The molecule has 2 unspecified atom stereocenters. The van der Waals surface area contributed by atoms with Gasteiger partial charge >= 0.3 is 6.18 Å². The zero-order valence-electron chi connectivity index (χ0n) is 12.8. The standard InChI is InChI=1S/C16H23F3N2O/c1-2-21-8-7-12(10-21)13(9-20)11-22-15-5-3-14(4-6-15)16(17,18)19/h3-6,12-13H,2,7-11,20H2,1H3. The van der Waals surface area contributed by atoms with Gasteiger partial charge in [-0.15, -0.1) is 0 Å². The molecule has 1 aliphatic heterocycles. The number of halogens is 3. The van der Waals surface area contributed by atoms with Crippen LogP contribution < -0.4 is 10.5 Å². The number of likely N-dealkylation sites (tertiary alicyclic amines) is 1. The summed E-state index contributed by atoms with van der Waals surface area (Å²) in [5.74, 6) is 1.19. The van der Waals surface area contributed by atoms with E-state index in [1.165, 1.54) is 12.1 Å². The SMILES string of the molecule is CCN1CCC(C(CN)COc2ccc(C(F)(F)F)cc2)C1. The molecule has 1 saturated heterocycles. The molecule has 2 rings (SSSR count). The normalized spacial score (nSPS) is 21.0. The Morgan fingerprint density at radius 2 is 2.00 bits per heavy atom. The Kier molecular flexibility index (Phi) is 5.69. The highest BCUT2D eigenvalue weighted by molar-refractivity contribution is 5.28. The van der Waals surface area contributed by atoms with Crippen molar-refractivity contribution in [2.45, 2.75) is 19.5 Å². The first-order valence-corrected chi connectivity index (χ1v) is 7.66. The van der Waals surface area contributed by atoms with Gasteiger partial charge in [-0.3, -0.25) is 0 Å². The second-order valence-corrected chi connectivity index (χ2v) is 5.77. The van der Waals surface area contributed by atoms with E-state index >= 15 is 0 Å². The summed E-state index contributed by atoms with van der Waals surface area (Å²) in [5, 5.41) is 0. The average Bonchev–Trinajstić information content (AvgIpc) is 2.96. The number of rotatable bonds is 6. The smallest absolute Gasteiger partial charge is 0.416 e. The van der Waals surface area contributed by atoms with Gasteiger partial charge in [0.2, 0.25) is 0 Å². The molecule has 1 fully saturated rings. The van der Waals surface area contributed by atoms with Crippen LogP contribution in [-0.2, 0) is 6.18 Å². The van der Waals surface area contributed by atoms with Gasteiger partial charge in [-0.25, -0.2) is 0 Å². The molecule has 0 aliphatic carbocycles. The van der Waals surface area contributed by atoms with Crippen LogP contribution in [0.1, 0.15) is 18.9 Å². The van der Waals surface area contributed by atoms with Crippen molar-refractivity contribution in [1.82, 2.24) is 4.90 Å². The number of nitrogens with zero attached hydrogens (tertiary/aromatic N) is 1. The number of ether oxygens (including phenoxy) is 1. The lowest BCUT2D eigenvalue weighted by molar-refractivity contribution is -0.137. The molecule has 0 bridgehead atoms. The summed E-state index contributed by atoms with van der Waals surface area (Å²) in [6, 6.07) is 4.81. The maximum atomic E-state index is 12.5. The maximum absolute atomic E-state index is 12.5. The predicted molar refractivity (Wildman–Crippen MR) is 79.7 cm³/mol. The first kappa shape index (κ1) is 17.1. The molecule has 1 heterocycles. The van der Waals surface area contributed by atoms with Crippen LogP contribution in [-0.4, -0.2) is 37.7 Å². The monoisotopic (exact) mass is 316 g/mol. The van der Waals surface area contributed by atoms with Gasteiger partial charge in [0.15, 0.2) is 0 Å². The maximum Gasteiger partial charge on any atom is 0.416 e. The van der Waals surface area contributed by atoms with Crippen molar-refractivity contribution in [3.8, 4) is 5.75 Å². The van der Waals surface area contributed by atoms with Crippen molar-refractivity contribution in [3.05, 3.63) is 29.8 Å². The average molecular weight is 316 g/mol. The second-order valence-electron chi connectivity index (χ2n) is 5.77. The van der Waals surface area contributed by atoms with E-state index in [0.717, 1.165) is 38.2 Å². The Bertz CT molecular complexity index is 461. The molecule has 0 spiro atoms. The van der Waals surface area contributed by atoms with Gasteiger partial charge in [0, 0.05) is 12.5 Å². The Labute approximate surface area is 129 Å². The summed E-state index contributed by atoms with van der Waals surface area (Å²) in [4.78, 5) is 2.38. The molecule has 2 atom stereocenters. The van der Waals surface area contributed by atoms with Crippen LogP contribution in [0.5, 0.6) is 5.75 Å². The minimum absolute atomic E-state index is 0.235. The van der Waals surface area contributed by atoms with E-state index in [-0.39, 0.29) is 5.92 Å². The van der Waals surface area contributed by atoms with Crippen LogP contribution in [0.3, 0.4) is 0 Å². The largest absolute Gasteiger partial charge is 0.493 e. The van der Waals surface area contributed by atoms with Crippen LogP contribution in [0.15, 0.2) is 24.3 Å². The molecule has 124 valence electrons. The van der Waals surface area contributed by atoms with Crippen LogP contribution in [0.25, 0.3) is 0 Å². The minimum atomic E-state index is -4.31. The van der Waals surface area contributed by atoms with Crippen LogP contribution in [0, 0.1) is 11.8 Å². The van der Waals surface area contributed by atoms with Gasteiger partial charge < -0.3 is 15.4 Å². The van der Waals surface area contributed by atoms with Gasteiger partial charge in [0.1, 0.15) is 5.75 Å². The van der Waals surface area contributed by atoms with Crippen molar-refractivity contribution in [2.75, 3.05) is 32.8 Å². The number of hydrogen-bond donors (Lipinski definition) is 1. The van der Waals surface area contributed by atoms with E-state index in [0.29, 0.717) is 24.8 Å². The molecule has 6 heteroatoms. The zero-order valence-corrected chi connectivity index (χ0v) is 12.8. The van der Waals surface area contributed by atoms with E-state index < -0.39 is 11.7 Å². The second kappa shape index (κ2) is 7.33. The lowest BCUT2D eigenvalue weighted by atomic mass is 9.92. The Hall–Kier alpha value is -1.27. The zero-order chi connectivity index (χ0) is 16.2. The highest BCUT2D eigenvalue weighted by Gasteiger charge is 2.30. The summed E-state index contributed by atoms with van der Waals surface area (Å²) in [6.45, 7) is 6.26. The summed E-state index contributed by atoms with van der Waals surface area (Å²) in [5.41, 5.74) is 5.18. The van der Waals surface area contributed by atoms with Gasteiger partial charge in [0.05, 0.1) is 12.2 Å². The predicted octanol–water partition coefficient (Wildman–Crippen LogP) is 3.00. The highest BCUT2D eigenvalue weighted by Crippen LogP contribution is 2.30. The molecule has 1 aliphatic rings. The fraction of sp³-hybridized carbons (Fsp3) is 0.625. The summed E-state index contributed by atoms with van der Waals surface area (Å²) in [7, 11) is 0. The highest BCUT2D eigenvalue weighted by atomic mass is 19.4. The third-order valence-corrected chi connectivity index (χ3v) is 4.37. The minimum Gasteiger partial charge on any atom is -0.493 e. The molecular formula is C16H23F3N2O. The third-order valence-electron chi connectivity index (χ3n) is 4.37. The Balaban J connectivity index is 1.88. The number of alkyl halides is 3. The first-order chi connectivity index (χ1) is 10.4. The molecule has 22 heavy (non-hydrogen) atoms. The fourth-order valence-electron chi connectivity index (χ4n) is 2.87. The van der Waals surface area contributed by atoms with E-state index in [2.05, 4.69) is 11.8 Å².